The normalized spacial score (nSPS) is 23.9. The Hall–Kier alpha value is -0.310. The number of carbonyl (C=O) groups excluding carboxylic acids is 2. The summed E-state index contributed by atoms with van der Waals surface area (Å²) in [7, 11) is 0. The number of carbonyl (C=O) groups is 2. The highest BCUT2D eigenvalue weighted by Crippen LogP contribution is 2.32. The molecule has 2 aliphatic rings. The molecule has 2 rings (SSSR count). The van der Waals surface area contributed by atoms with Gasteiger partial charge in [0.25, 0.3) is 5.91 Å². The number of amides is 1. The zero-order valence-corrected chi connectivity index (χ0v) is 16.3. The molecule has 1 heterocycles. The van der Waals surface area contributed by atoms with Gasteiger partial charge in [0.15, 0.2) is 0 Å². The minimum Gasteiger partial charge on any atom is -0.460 e. The van der Waals surface area contributed by atoms with E-state index in [1.165, 1.54) is 5.01 Å². The molecule has 7 nitrogen and oxygen atoms in total. The summed E-state index contributed by atoms with van der Waals surface area (Å²) in [5.41, 5.74) is 2.87. The third-order valence-electron chi connectivity index (χ3n) is 4.28. The molecule has 0 bridgehead atoms. The van der Waals surface area contributed by atoms with E-state index >= 15 is 0 Å². The number of esters is 1. The van der Waals surface area contributed by atoms with Gasteiger partial charge in [-0.25, -0.2) is 5.43 Å². The number of nitrogens with one attached hydrogen (secondary N) is 2. The zero-order valence-electron chi connectivity index (χ0n) is 14.0. The molecule has 2 fully saturated rings. The van der Waals surface area contributed by atoms with Crippen molar-refractivity contribution in [1.29, 1.82) is 0 Å². The van der Waals surface area contributed by atoms with Crippen LogP contribution in [0.3, 0.4) is 0 Å². The predicted octanol–water partition coefficient (Wildman–Crippen LogP) is 1.14. The first-order chi connectivity index (χ1) is 11.7. The molecule has 1 amide bonds. The standard InChI is InChI=1S/C15H24Cl3N3O4/c1-9(19-7-12(22)10-4-5-10)13(23)21-6-2-3-11(20-21)14(24)25-8-15(16,17)18/h9-12,19-20,22H,2-8H2,1H3. The van der Waals surface area contributed by atoms with Crippen molar-refractivity contribution >= 4 is 46.7 Å². The molecule has 144 valence electrons. The van der Waals surface area contributed by atoms with Crippen LogP contribution in [0.15, 0.2) is 0 Å². The second-order valence-electron chi connectivity index (χ2n) is 6.57. The van der Waals surface area contributed by atoms with Crippen molar-refractivity contribution in [3.8, 4) is 0 Å². The summed E-state index contributed by atoms with van der Waals surface area (Å²) in [6.45, 7) is 2.25. The van der Waals surface area contributed by atoms with Gasteiger partial charge in [-0.15, -0.1) is 0 Å². The van der Waals surface area contributed by atoms with Gasteiger partial charge in [0.1, 0.15) is 12.6 Å². The Kier molecular flexibility index (Phi) is 7.61. The Bertz CT molecular complexity index is 485. The maximum atomic E-state index is 12.5. The van der Waals surface area contributed by atoms with Gasteiger partial charge in [-0.05, 0) is 38.5 Å². The van der Waals surface area contributed by atoms with Crippen LogP contribution in [0.2, 0.25) is 0 Å². The molecule has 0 spiro atoms. The van der Waals surface area contributed by atoms with Crippen LogP contribution in [-0.2, 0) is 14.3 Å². The monoisotopic (exact) mass is 415 g/mol. The van der Waals surface area contributed by atoms with Gasteiger partial charge < -0.3 is 15.2 Å². The van der Waals surface area contributed by atoms with Crippen LogP contribution in [0, 0.1) is 5.92 Å². The lowest BCUT2D eigenvalue weighted by Crippen LogP contribution is -2.59. The van der Waals surface area contributed by atoms with Gasteiger partial charge >= 0.3 is 5.97 Å². The largest absolute Gasteiger partial charge is 0.460 e. The number of alkyl halides is 3. The molecule has 10 heteroatoms. The molecule has 0 aromatic rings. The van der Waals surface area contributed by atoms with Gasteiger partial charge in [0.2, 0.25) is 3.79 Å². The van der Waals surface area contributed by atoms with Crippen LogP contribution in [0.1, 0.15) is 32.6 Å². The van der Waals surface area contributed by atoms with E-state index in [1.807, 2.05) is 0 Å². The second kappa shape index (κ2) is 9.06. The van der Waals surface area contributed by atoms with Crippen LogP contribution >= 0.6 is 34.8 Å². The SMILES string of the molecule is CC(NCC(O)C1CC1)C(=O)N1CCCC(C(=O)OCC(Cl)(Cl)Cl)N1. The number of hydrazine groups is 1. The Balaban J connectivity index is 1.78. The predicted molar refractivity (Wildman–Crippen MR) is 95.3 cm³/mol. The Morgan fingerprint density at radius 2 is 2.04 bits per heavy atom. The number of hydrogen-bond acceptors (Lipinski definition) is 6. The number of ether oxygens (including phenoxy) is 1. The van der Waals surface area contributed by atoms with Crippen molar-refractivity contribution in [2.24, 2.45) is 5.92 Å². The van der Waals surface area contributed by atoms with Crippen molar-refractivity contribution in [2.45, 2.75) is 54.6 Å². The van der Waals surface area contributed by atoms with E-state index in [2.05, 4.69) is 10.7 Å². The van der Waals surface area contributed by atoms with Crippen LogP contribution in [0.4, 0.5) is 0 Å². The van der Waals surface area contributed by atoms with E-state index in [-0.39, 0.29) is 12.5 Å². The van der Waals surface area contributed by atoms with Crippen molar-refractivity contribution in [3.63, 3.8) is 0 Å². The van der Waals surface area contributed by atoms with Crippen molar-refractivity contribution in [1.82, 2.24) is 15.8 Å². The van der Waals surface area contributed by atoms with Gasteiger partial charge in [0, 0.05) is 13.1 Å². The molecule has 1 saturated carbocycles. The van der Waals surface area contributed by atoms with Crippen LogP contribution in [0.5, 0.6) is 0 Å². The molecular weight excluding hydrogens is 393 g/mol. The summed E-state index contributed by atoms with van der Waals surface area (Å²) >= 11 is 16.7. The summed E-state index contributed by atoms with van der Waals surface area (Å²) in [5.74, 6) is -0.407. The summed E-state index contributed by atoms with van der Waals surface area (Å²) in [6, 6.07) is -1.13. The molecular formula is C15H24Cl3N3O4. The first kappa shape index (κ1) is 21.0. The lowest BCUT2D eigenvalue weighted by molar-refractivity contribution is -0.152. The van der Waals surface area contributed by atoms with E-state index in [0.29, 0.717) is 31.8 Å². The number of rotatable bonds is 7. The minimum absolute atomic E-state index is 0.193. The highest BCUT2D eigenvalue weighted by atomic mass is 35.6. The summed E-state index contributed by atoms with van der Waals surface area (Å²) in [5, 5.41) is 14.3. The average Bonchev–Trinajstić information content (AvgIpc) is 3.41. The Morgan fingerprint density at radius 3 is 2.64 bits per heavy atom. The molecule has 0 aromatic carbocycles. The number of halogens is 3. The fourth-order valence-corrected chi connectivity index (χ4v) is 2.80. The Labute approximate surface area is 162 Å². The van der Waals surface area contributed by atoms with Crippen molar-refractivity contribution in [3.05, 3.63) is 0 Å². The fourth-order valence-electron chi connectivity index (χ4n) is 2.63. The number of aliphatic hydroxyl groups excluding tert-OH is 1. The minimum atomic E-state index is -1.67. The average molecular weight is 417 g/mol. The molecule has 0 radical (unpaired) electrons. The molecule has 3 unspecified atom stereocenters. The van der Waals surface area contributed by atoms with Gasteiger partial charge in [0.05, 0.1) is 12.1 Å². The lowest BCUT2D eigenvalue weighted by Gasteiger charge is -2.34. The molecule has 3 atom stereocenters. The number of nitrogens with zero attached hydrogens (tertiary/aromatic N) is 1. The van der Waals surface area contributed by atoms with Crippen molar-refractivity contribution < 1.29 is 19.4 Å². The van der Waals surface area contributed by atoms with Gasteiger partial charge in [-0.1, -0.05) is 34.8 Å². The van der Waals surface area contributed by atoms with Crippen LogP contribution in [-0.4, -0.2) is 63.7 Å². The zero-order chi connectivity index (χ0) is 18.6. The molecule has 3 N–H and O–H groups in total. The van der Waals surface area contributed by atoms with Crippen LogP contribution in [0.25, 0.3) is 0 Å². The van der Waals surface area contributed by atoms with Gasteiger partial charge in [-0.3, -0.25) is 14.6 Å². The fraction of sp³-hybridized carbons (Fsp3) is 0.867. The first-order valence-corrected chi connectivity index (χ1v) is 9.53. The molecule has 25 heavy (non-hydrogen) atoms. The highest BCUT2D eigenvalue weighted by Gasteiger charge is 2.33. The smallest absolute Gasteiger partial charge is 0.325 e. The first-order valence-electron chi connectivity index (χ1n) is 8.40. The molecule has 1 saturated heterocycles. The Morgan fingerprint density at radius 1 is 1.36 bits per heavy atom. The lowest BCUT2D eigenvalue weighted by atomic mass is 10.1. The summed E-state index contributed by atoms with van der Waals surface area (Å²) in [6.07, 6.45) is 2.84. The maximum Gasteiger partial charge on any atom is 0.325 e. The quantitative estimate of drug-likeness (QED) is 0.426. The topological polar surface area (TPSA) is 90.9 Å². The third kappa shape index (κ3) is 7.07. The maximum absolute atomic E-state index is 12.5. The summed E-state index contributed by atoms with van der Waals surface area (Å²) < 4.78 is 3.30. The van der Waals surface area contributed by atoms with Crippen LogP contribution < -0.4 is 10.7 Å². The highest BCUT2D eigenvalue weighted by molar-refractivity contribution is 6.67. The van der Waals surface area contributed by atoms with E-state index in [9.17, 15) is 14.7 Å². The molecule has 0 aromatic heterocycles. The van der Waals surface area contributed by atoms with Gasteiger partial charge in [-0.2, -0.15) is 0 Å². The second-order valence-corrected chi connectivity index (χ2v) is 9.09. The molecule has 1 aliphatic carbocycles. The number of aliphatic hydroxyl groups is 1. The third-order valence-corrected chi connectivity index (χ3v) is 4.61. The van der Waals surface area contributed by atoms with E-state index in [1.54, 1.807) is 6.92 Å². The number of hydrogen-bond donors (Lipinski definition) is 3. The van der Waals surface area contributed by atoms with E-state index in [4.69, 9.17) is 39.5 Å². The van der Waals surface area contributed by atoms with E-state index in [0.717, 1.165) is 12.8 Å². The van der Waals surface area contributed by atoms with E-state index < -0.39 is 27.9 Å². The summed E-state index contributed by atoms with van der Waals surface area (Å²) in [4.78, 5) is 24.5. The molecule has 1 aliphatic heterocycles. The van der Waals surface area contributed by atoms with Crippen molar-refractivity contribution in [2.75, 3.05) is 19.7 Å².